The molecule has 1 aromatic heterocycles. The van der Waals surface area contributed by atoms with E-state index in [9.17, 15) is 9.18 Å². The van der Waals surface area contributed by atoms with Crippen molar-refractivity contribution in [2.24, 2.45) is 0 Å². The maximum absolute atomic E-state index is 14.0. The Hall–Kier alpha value is -2.41. The van der Waals surface area contributed by atoms with Crippen molar-refractivity contribution in [3.8, 4) is 16.9 Å². The minimum Gasteiger partial charge on any atom is -0.488 e. The number of anilines is 1. The zero-order valence-corrected chi connectivity index (χ0v) is 15.6. The molecule has 1 aliphatic heterocycles. The zero-order chi connectivity index (χ0) is 19.0. The van der Waals surface area contributed by atoms with E-state index in [-0.39, 0.29) is 18.9 Å². The Morgan fingerprint density at radius 2 is 2.22 bits per heavy atom. The van der Waals surface area contributed by atoms with Gasteiger partial charge in [0.05, 0.1) is 11.3 Å². The number of nitrogens with one attached hydrogen (secondary N) is 2. The highest BCUT2D eigenvalue weighted by Gasteiger charge is 2.50. The van der Waals surface area contributed by atoms with Crippen LogP contribution in [-0.2, 0) is 4.79 Å². The molecule has 1 amide bonds. The summed E-state index contributed by atoms with van der Waals surface area (Å²) in [5.41, 5.74) is 1.19. The molecule has 7 heteroatoms. The summed E-state index contributed by atoms with van der Waals surface area (Å²) in [5.74, 6) is 0.793. The van der Waals surface area contributed by atoms with Crippen LogP contribution < -0.4 is 15.4 Å². The van der Waals surface area contributed by atoms with E-state index in [1.807, 2.05) is 26.0 Å². The smallest absolute Gasteiger partial charge is 0.262 e. The summed E-state index contributed by atoms with van der Waals surface area (Å²) in [6.07, 6.45) is 2.70. The summed E-state index contributed by atoms with van der Waals surface area (Å²) >= 11 is 0. The molecule has 2 aliphatic rings. The van der Waals surface area contributed by atoms with Gasteiger partial charge in [0.1, 0.15) is 17.6 Å². The van der Waals surface area contributed by atoms with Gasteiger partial charge in [-0.05, 0) is 64.3 Å². The Balaban J connectivity index is 1.66. The van der Waals surface area contributed by atoms with E-state index in [1.165, 1.54) is 0 Å². The van der Waals surface area contributed by atoms with Crippen molar-refractivity contribution in [2.45, 2.75) is 51.3 Å². The lowest BCUT2D eigenvalue weighted by Gasteiger charge is -2.25. The highest BCUT2D eigenvalue weighted by Crippen LogP contribution is 2.42. The van der Waals surface area contributed by atoms with Crippen molar-refractivity contribution in [3.63, 3.8) is 0 Å². The third-order valence-electron chi connectivity index (χ3n) is 5.18. The van der Waals surface area contributed by atoms with Gasteiger partial charge in [-0.25, -0.2) is 4.39 Å². The van der Waals surface area contributed by atoms with Crippen LogP contribution in [0.4, 0.5) is 10.1 Å². The number of piperidine rings is 1. The van der Waals surface area contributed by atoms with Gasteiger partial charge >= 0.3 is 0 Å². The van der Waals surface area contributed by atoms with E-state index >= 15 is 0 Å². The molecule has 2 heterocycles. The Labute approximate surface area is 157 Å². The molecular weight excluding hydrogens is 349 g/mol. The second-order valence-corrected chi connectivity index (χ2v) is 7.42. The Bertz CT molecular complexity index is 835. The predicted molar refractivity (Wildman–Crippen MR) is 99.6 cm³/mol. The molecule has 0 bridgehead atoms. The van der Waals surface area contributed by atoms with E-state index < -0.39 is 11.6 Å². The van der Waals surface area contributed by atoms with E-state index in [1.54, 1.807) is 6.07 Å². The van der Waals surface area contributed by atoms with Crippen molar-refractivity contribution in [1.29, 1.82) is 0 Å². The molecule has 2 fully saturated rings. The third-order valence-corrected chi connectivity index (χ3v) is 5.18. The SMILES string of the molecule is Cc1noc(C)c1-c1cc(NC(=O)C2(F)CC2)ccc1OC1CCCNC1. The molecule has 144 valence electrons. The minimum atomic E-state index is -1.72. The van der Waals surface area contributed by atoms with Crippen molar-refractivity contribution in [2.75, 3.05) is 18.4 Å². The number of ether oxygens (including phenoxy) is 1. The van der Waals surface area contributed by atoms with Gasteiger partial charge in [0.15, 0.2) is 5.67 Å². The molecule has 2 N–H and O–H groups in total. The number of benzene rings is 1. The number of alkyl halides is 1. The molecule has 4 rings (SSSR count). The highest BCUT2D eigenvalue weighted by molar-refractivity contribution is 6.00. The van der Waals surface area contributed by atoms with E-state index in [2.05, 4.69) is 15.8 Å². The van der Waals surface area contributed by atoms with Crippen LogP contribution in [0.2, 0.25) is 0 Å². The molecule has 1 unspecified atom stereocenters. The number of carbonyl (C=O) groups excluding carboxylic acids is 1. The van der Waals surface area contributed by atoms with Crippen LogP contribution in [0.3, 0.4) is 0 Å². The molecule has 1 aliphatic carbocycles. The van der Waals surface area contributed by atoms with Gasteiger partial charge in [0, 0.05) is 17.8 Å². The molecule has 0 radical (unpaired) electrons. The quantitative estimate of drug-likeness (QED) is 0.838. The zero-order valence-electron chi connectivity index (χ0n) is 15.6. The van der Waals surface area contributed by atoms with Crippen LogP contribution in [0.15, 0.2) is 22.7 Å². The molecule has 1 saturated heterocycles. The summed E-state index contributed by atoms with van der Waals surface area (Å²) in [6, 6.07) is 5.38. The highest BCUT2D eigenvalue weighted by atomic mass is 19.1. The second-order valence-electron chi connectivity index (χ2n) is 7.42. The lowest BCUT2D eigenvalue weighted by Crippen LogP contribution is -2.37. The molecule has 1 atom stereocenters. The number of carbonyl (C=O) groups is 1. The van der Waals surface area contributed by atoms with Crippen LogP contribution in [0.25, 0.3) is 11.1 Å². The first-order valence-corrected chi connectivity index (χ1v) is 9.41. The number of nitrogens with zero attached hydrogens (tertiary/aromatic N) is 1. The van der Waals surface area contributed by atoms with Crippen molar-refractivity contribution < 1.29 is 18.4 Å². The van der Waals surface area contributed by atoms with Gasteiger partial charge in [-0.2, -0.15) is 0 Å². The average Bonchev–Trinajstić information content (AvgIpc) is 3.33. The first-order valence-electron chi connectivity index (χ1n) is 9.41. The van der Waals surface area contributed by atoms with Gasteiger partial charge in [-0.1, -0.05) is 5.16 Å². The topological polar surface area (TPSA) is 76.4 Å². The number of hydrogen-bond donors (Lipinski definition) is 2. The maximum Gasteiger partial charge on any atom is 0.262 e. The number of amides is 1. The largest absolute Gasteiger partial charge is 0.488 e. The molecular formula is C20H24FN3O3. The monoisotopic (exact) mass is 373 g/mol. The lowest BCUT2D eigenvalue weighted by molar-refractivity contribution is -0.122. The number of hydrogen-bond acceptors (Lipinski definition) is 5. The molecule has 2 aromatic rings. The van der Waals surface area contributed by atoms with E-state index in [0.29, 0.717) is 17.2 Å². The van der Waals surface area contributed by atoms with Crippen molar-refractivity contribution >= 4 is 11.6 Å². The van der Waals surface area contributed by atoms with Crippen LogP contribution in [0.5, 0.6) is 5.75 Å². The van der Waals surface area contributed by atoms with E-state index in [4.69, 9.17) is 9.26 Å². The first-order chi connectivity index (χ1) is 13.0. The predicted octanol–water partition coefficient (Wildman–Crippen LogP) is 3.53. The standard InChI is InChI=1S/C20H24FN3O3/c1-12-18(13(2)27-24-12)16-10-14(23-19(25)20(21)7-8-20)5-6-17(16)26-15-4-3-9-22-11-15/h5-6,10,15,22H,3-4,7-9,11H2,1-2H3,(H,23,25). The van der Waals surface area contributed by atoms with Crippen LogP contribution >= 0.6 is 0 Å². The fraction of sp³-hybridized carbons (Fsp3) is 0.500. The summed E-state index contributed by atoms with van der Waals surface area (Å²) in [6.45, 7) is 5.51. The summed E-state index contributed by atoms with van der Waals surface area (Å²) in [5, 5.41) is 10.1. The second kappa shape index (κ2) is 6.96. The Morgan fingerprint density at radius 3 is 2.85 bits per heavy atom. The fourth-order valence-corrected chi connectivity index (χ4v) is 3.45. The number of halogens is 1. The number of aromatic nitrogens is 1. The van der Waals surface area contributed by atoms with Gasteiger partial charge < -0.3 is 19.9 Å². The third kappa shape index (κ3) is 3.69. The molecule has 0 spiro atoms. The molecule has 6 nitrogen and oxygen atoms in total. The molecule has 1 aromatic carbocycles. The number of rotatable bonds is 5. The van der Waals surface area contributed by atoms with Crippen molar-refractivity contribution in [1.82, 2.24) is 10.5 Å². The summed E-state index contributed by atoms with van der Waals surface area (Å²) in [4.78, 5) is 12.1. The van der Waals surface area contributed by atoms with E-state index in [0.717, 1.165) is 42.8 Å². The van der Waals surface area contributed by atoms with Gasteiger partial charge in [-0.15, -0.1) is 0 Å². The first kappa shape index (κ1) is 18.0. The van der Waals surface area contributed by atoms with Crippen LogP contribution in [0.1, 0.15) is 37.1 Å². The van der Waals surface area contributed by atoms with Gasteiger partial charge in [0.25, 0.3) is 5.91 Å². The summed E-state index contributed by atoms with van der Waals surface area (Å²) < 4.78 is 25.6. The Kier molecular flexibility index (Phi) is 4.63. The maximum atomic E-state index is 14.0. The average molecular weight is 373 g/mol. The normalized spacial score (nSPS) is 20.9. The fourth-order valence-electron chi connectivity index (χ4n) is 3.45. The number of aryl methyl sites for hydroxylation is 2. The molecule has 27 heavy (non-hydrogen) atoms. The molecule has 1 saturated carbocycles. The van der Waals surface area contributed by atoms with Crippen LogP contribution in [0, 0.1) is 13.8 Å². The summed E-state index contributed by atoms with van der Waals surface area (Å²) in [7, 11) is 0. The van der Waals surface area contributed by atoms with Crippen molar-refractivity contribution in [3.05, 3.63) is 29.7 Å². The van der Waals surface area contributed by atoms with Gasteiger partial charge in [0.2, 0.25) is 0 Å². The lowest BCUT2D eigenvalue weighted by atomic mass is 10.0. The van der Waals surface area contributed by atoms with Crippen LogP contribution in [-0.4, -0.2) is 35.9 Å². The van der Waals surface area contributed by atoms with Gasteiger partial charge in [-0.3, -0.25) is 4.79 Å². The Morgan fingerprint density at radius 1 is 1.41 bits per heavy atom. The minimum absolute atomic E-state index is 0.0824.